The number of halogens is 3. The second-order valence-electron chi connectivity index (χ2n) is 8.38. The minimum atomic E-state index is -0.812. The molecule has 0 nitrogen and oxygen atoms in total. The lowest BCUT2D eigenvalue weighted by Gasteiger charge is -2.29. The molecule has 0 spiro atoms. The van der Waals surface area contributed by atoms with Gasteiger partial charge in [0, 0.05) is 0 Å². The van der Waals surface area contributed by atoms with Crippen LogP contribution in [0.3, 0.4) is 0 Å². The highest BCUT2D eigenvalue weighted by Crippen LogP contribution is 2.39. The third-order valence-corrected chi connectivity index (χ3v) is 6.83. The highest BCUT2D eigenvalue weighted by atomic mass is 19.2. The van der Waals surface area contributed by atoms with Gasteiger partial charge in [0.1, 0.15) is 5.82 Å². The van der Waals surface area contributed by atoms with Crippen molar-refractivity contribution in [3.8, 4) is 0 Å². The largest absolute Gasteiger partial charge is 0.207 e. The van der Waals surface area contributed by atoms with Crippen molar-refractivity contribution in [2.75, 3.05) is 0 Å². The summed E-state index contributed by atoms with van der Waals surface area (Å²) in [5, 5.41) is 0. The lowest BCUT2D eigenvalue weighted by atomic mass is 9.76. The Morgan fingerprint density at radius 1 is 0.778 bits per heavy atom. The van der Waals surface area contributed by atoms with E-state index >= 15 is 0 Å². The van der Waals surface area contributed by atoms with E-state index in [0.29, 0.717) is 18.8 Å². The summed E-state index contributed by atoms with van der Waals surface area (Å²) in [4.78, 5) is 0. The summed E-state index contributed by atoms with van der Waals surface area (Å²) in [5.41, 5.74) is 3.51. The second kappa shape index (κ2) is 7.69. The van der Waals surface area contributed by atoms with Crippen LogP contribution in [0.15, 0.2) is 30.3 Å². The first-order valence-electron chi connectivity index (χ1n) is 10.3. The maximum atomic E-state index is 14.9. The molecule has 4 rings (SSSR count). The summed E-state index contributed by atoms with van der Waals surface area (Å²) >= 11 is 0. The molecule has 0 heterocycles. The standard InChI is InChI=1S/C24H27F3/c1-2-15-3-5-16(6-4-15)17-9-10-21(22(25)12-17)19-8-7-18-13-23(26)24(27)14-20(18)11-19/h9-10,12-16,19H,2-8,11H2,1H3. The molecule has 0 saturated heterocycles. The molecule has 1 unspecified atom stereocenters. The molecule has 2 aromatic carbocycles. The van der Waals surface area contributed by atoms with Gasteiger partial charge in [-0.3, -0.25) is 0 Å². The van der Waals surface area contributed by atoms with Crippen LogP contribution < -0.4 is 0 Å². The first-order valence-corrected chi connectivity index (χ1v) is 10.3. The minimum absolute atomic E-state index is 0.0345. The fourth-order valence-electron chi connectivity index (χ4n) is 5.05. The lowest BCUT2D eigenvalue weighted by molar-refractivity contribution is 0.318. The van der Waals surface area contributed by atoms with Gasteiger partial charge in [-0.05, 0) is 103 Å². The molecule has 144 valence electrons. The fourth-order valence-corrected chi connectivity index (χ4v) is 5.05. The highest BCUT2D eigenvalue weighted by molar-refractivity contribution is 5.37. The molecule has 3 heteroatoms. The van der Waals surface area contributed by atoms with Gasteiger partial charge in [-0.25, -0.2) is 13.2 Å². The van der Waals surface area contributed by atoms with E-state index in [-0.39, 0.29) is 11.7 Å². The van der Waals surface area contributed by atoms with E-state index in [0.717, 1.165) is 47.4 Å². The Kier molecular flexibility index (Phi) is 5.29. The van der Waals surface area contributed by atoms with Gasteiger partial charge >= 0.3 is 0 Å². The zero-order chi connectivity index (χ0) is 19.0. The summed E-state index contributed by atoms with van der Waals surface area (Å²) in [5.74, 6) is -0.403. The Morgan fingerprint density at radius 2 is 1.48 bits per heavy atom. The van der Waals surface area contributed by atoms with Crippen LogP contribution in [0.1, 0.15) is 79.5 Å². The Hall–Kier alpha value is -1.77. The van der Waals surface area contributed by atoms with E-state index in [1.165, 1.54) is 31.4 Å². The van der Waals surface area contributed by atoms with Gasteiger partial charge < -0.3 is 0 Å². The summed E-state index contributed by atoms with van der Waals surface area (Å²) in [6, 6.07) is 8.34. The van der Waals surface area contributed by atoms with Crippen LogP contribution in [-0.2, 0) is 12.8 Å². The molecule has 0 aliphatic heterocycles. The van der Waals surface area contributed by atoms with Crippen LogP contribution in [0.4, 0.5) is 13.2 Å². The number of rotatable bonds is 3. The van der Waals surface area contributed by atoms with Crippen LogP contribution in [-0.4, -0.2) is 0 Å². The third kappa shape index (κ3) is 3.79. The van der Waals surface area contributed by atoms with Crippen LogP contribution in [0.25, 0.3) is 0 Å². The molecule has 27 heavy (non-hydrogen) atoms. The predicted octanol–water partition coefficient (Wildman–Crippen LogP) is 7.06. The molecule has 2 aliphatic carbocycles. The maximum Gasteiger partial charge on any atom is 0.159 e. The van der Waals surface area contributed by atoms with E-state index in [1.54, 1.807) is 6.07 Å². The number of aryl methyl sites for hydroxylation is 1. The smallest absolute Gasteiger partial charge is 0.159 e. The minimum Gasteiger partial charge on any atom is -0.207 e. The average molecular weight is 372 g/mol. The number of fused-ring (bicyclic) bond motifs is 1. The van der Waals surface area contributed by atoms with Crippen LogP contribution in [0.2, 0.25) is 0 Å². The van der Waals surface area contributed by atoms with Crippen molar-refractivity contribution >= 4 is 0 Å². The van der Waals surface area contributed by atoms with Gasteiger partial charge in [0.15, 0.2) is 11.6 Å². The zero-order valence-corrected chi connectivity index (χ0v) is 15.9. The summed E-state index contributed by atoms with van der Waals surface area (Å²) in [6.07, 6.45) is 8.05. The molecule has 1 fully saturated rings. The van der Waals surface area contributed by atoms with Gasteiger partial charge in [-0.15, -0.1) is 0 Å². The monoisotopic (exact) mass is 372 g/mol. The molecule has 0 N–H and O–H groups in total. The van der Waals surface area contributed by atoms with Crippen molar-refractivity contribution in [1.29, 1.82) is 0 Å². The van der Waals surface area contributed by atoms with E-state index < -0.39 is 11.6 Å². The number of benzene rings is 2. The van der Waals surface area contributed by atoms with Crippen molar-refractivity contribution in [2.45, 2.75) is 70.1 Å². The van der Waals surface area contributed by atoms with Gasteiger partial charge in [0.2, 0.25) is 0 Å². The number of hydrogen-bond donors (Lipinski definition) is 0. The first kappa shape index (κ1) is 18.6. The van der Waals surface area contributed by atoms with Gasteiger partial charge in [-0.2, -0.15) is 0 Å². The van der Waals surface area contributed by atoms with Gasteiger partial charge in [-0.1, -0.05) is 25.5 Å². The Balaban J connectivity index is 1.51. The van der Waals surface area contributed by atoms with Crippen LogP contribution in [0.5, 0.6) is 0 Å². The quantitative estimate of drug-likeness (QED) is 0.541. The SMILES string of the molecule is CCC1CCC(c2ccc(C3CCc4cc(F)c(F)cc4C3)c(F)c2)CC1. The Morgan fingerprint density at radius 3 is 2.15 bits per heavy atom. The third-order valence-electron chi connectivity index (χ3n) is 6.83. The highest BCUT2D eigenvalue weighted by Gasteiger charge is 2.26. The van der Waals surface area contributed by atoms with Crippen molar-refractivity contribution in [2.24, 2.45) is 5.92 Å². The molecular weight excluding hydrogens is 345 g/mol. The second-order valence-corrected chi connectivity index (χ2v) is 8.38. The van der Waals surface area contributed by atoms with E-state index in [1.807, 2.05) is 6.07 Å². The number of hydrogen-bond acceptors (Lipinski definition) is 0. The summed E-state index contributed by atoms with van der Waals surface area (Å²) in [6.45, 7) is 2.25. The first-order chi connectivity index (χ1) is 13.0. The normalized spacial score (nSPS) is 25.3. The van der Waals surface area contributed by atoms with E-state index in [9.17, 15) is 13.2 Å². The Labute approximate surface area is 159 Å². The molecule has 0 aromatic heterocycles. The molecular formula is C24H27F3. The van der Waals surface area contributed by atoms with E-state index in [2.05, 4.69) is 13.0 Å². The summed E-state index contributed by atoms with van der Waals surface area (Å²) < 4.78 is 41.9. The molecule has 2 aliphatic rings. The molecule has 0 amide bonds. The topological polar surface area (TPSA) is 0 Å². The van der Waals surface area contributed by atoms with E-state index in [4.69, 9.17) is 0 Å². The average Bonchev–Trinajstić information content (AvgIpc) is 2.68. The van der Waals surface area contributed by atoms with Crippen molar-refractivity contribution in [3.63, 3.8) is 0 Å². The molecule has 1 saturated carbocycles. The van der Waals surface area contributed by atoms with Gasteiger partial charge in [0.05, 0.1) is 0 Å². The molecule has 0 radical (unpaired) electrons. The lowest BCUT2D eigenvalue weighted by Crippen LogP contribution is -2.16. The van der Waals surface area contributed by atoms with Crippen molar-refractivity contribution in [3.05, 3.63) is 70.0 Å². The summed E-state index contributed by atoms with van der Waals surface area (Å²) in [7, 11) is 0. The predicted molar refractivity (Wildman–Crippen MR) is 103 cm³/mol. The molecule has 0 bridgehead atoms. The molecule has 2 aromatic rings. The molecule has 1 atom stereocenters. The maximum absolute atomic E-state index is 14.9. The van der Waals surface area contributed by atoms with Crippen molar-refractivity contribution in [1.82, 2.24) is 0 Å². The van der Waals surface area contributed by atoms with Crippen molar-refractivity contribution < 1.29 is 13.2 Å². The Bertz CT molecular complexity index is 819. The van der Waals surface area contributed by atoms with Crippen LogP contribution in [0, 0.1) is 23.4 Å². The zero-order valence-electron chi connectivity index (χ0n) is 15.9. The fraction of sp³-hybridized carbons (Fsp3) is 0.500. The van der Waals surface area contributed by atoms with Gasteiger partial charge in [0.25, 0.3) is 0 Å². The van der Waals surface area contributed by atoms with Crippen LogP contribution >= 0.6 is 0 Å².